The van der Waals surface area contributed by atoms with Crippen LogP contribution in [0, 0.1) is 13.8 Å². The number of aromatic nitrogens is 4. The van der Waals surface area contributed by atoms with Crippen LogP contribution in [0.4, 0.5) is 16.3 Å². The summed E-state index contributed by atoms with van der Waals surface area (Å²) in [5, 5.41) is 7.88. The van der Waals surface area contributed by atoms with E-state index >= 15 is 0 Å². The molecule has 4 rings (SSSR count). The van der Waals surface area contributed by atoms with Gasteiger partial charge in [-0.25, -0.2) is 19.4 Å². The minimum atomic E-state index is -0.149. The zero-order chi connectivity index (χ0) is 20.4. The molecule has 0 unspecified atom stereocenters. The van der Waals surface area contributed by atoms with E-state index in [0.29, 0.717) is 36.9 Å². The van der Waals surface area contributed by atoms with Gasteiger partial charge in [-0.15, -0.1) is 0 Å². The number of anilines is 2. The van der Waals surface area contributed by atoms with Gasteiger partial charge in [-0.3, -0.25) is 0 Å². The molecule has 150 valence electrons. The number of rotatable bonds is 3. The van der Waals surface area contributed by atoms with E-state index in [1.54, 1.807) is 23.4 Å². The van der Waals surface area contributed by atoms with Crippen LogP contribution in [0.25, 0.3) is 5.82 Å². The van der Waals surface area contributed by atoms with Gasteiger partial charge >= 0.3 is 6.03 Å². The molecule has 1 fully saturated rings. The fraction of sp³-hybridized carbons (Fsp3) is 0.300. The lowest BCUT2D eigenvalue weighted by Crippen LogP contribution is -2.50. The highest BCUT2D eigenvalue weighted by molar-refractivity contribution is 6.33. The number of amides is 2. The van der Waals surface area contributed by atoms with Crippen LogP contribution >= 0.6 is 11.6 Å². The third kappa shape index (κ3) is 4.17. The smallest absolute Gasteiger partial charge is 0.322 e. The summed E-state index contributed by atoms with van der Waals surface area (Å²) in [7, 11) is 0. The number of aryl methyl sites for hydroxylation is 2. The van der Waals surface area contributed by atoms with Gasteiger partial charge < -0.3 is 15.1 Å². The number of benzene rings is 1. The molecule has 1 aliphatic heterocycles. The summed E-state index contributed by atoms with van der Waals surface area (Å²) in [4.78, 5) is 25.2. The van der Waals surface area contributed by atoms with E-state index < -0.39 is 0 Å². The molecule has 8 nitrogen and oxygen atoms in total. The Hall–Kier alpha value is -3.13. The molecule has 1 aliphatic rings. The summed E-state index contributed by atoms with van der Waals surface area (Å²) in [6.45, 7) is 6.51. The van der Waals surface area contributed by atoms with Crippen molar-refractivity contribution in [1.29, 1.82) is 0 Å². The minimum absolute atomic E-state index is 0.149. The van der Waals surface area contributed by atoms with Gasteiger partial charge in [0.15, 0.2) is 5.82 Å². The van der Waals surface area contributed by atoms with Crippen LogP contribution in [0.15, 0.2) is 42.7 Å². The van der Waals surface area contributed by atoms with Gasteiger partial charge in [-0.05, 0) is 32.0 Å². The predicted molar refractivity (Wildman–Crippen MR) is 113 cm³/mol. The Bertz CT molecular complexity index is 1030. The van der Waals surface area contributed by atoms with Crippen molar-refractivity contribution >= 4 is 29.1 Å². The van der Waals surface area contributed by atoms with Gasteiger partial charge in [0.2, 0.25) is 0 Å². The molecule has 2 amide bonds. The van der Waals surface area contributed by atoms with E-state index in [1.807, 2.05) is 42.8 Å². The van der Waals surface area contributed by atoms with E-state index in [2.05, 4.69) is 25.3 Å². The zero-order valence-corrected chi connectivity index (χ0v) is 17.1. The number of hydrogen-bond donors (Lipinski definition) is 1. The number of halogens is 1. The maximum Gasteiger partial charge on any atom is 0.322 e. The molecule has 0 radical (unpaired) electrons. The second-order valence-electron chi connectivity index (χ2n) is 6.96. The van der Waals surface area contributed by atoms with E-state index in [9.17, 15) is 4.79 Å². The minimum Gasteiger partial charge on any atom is -0.353 e. The summed E-state index contributed by atoms with van der Waals surface area (Å²) in [5.74, 6) is 1.56. The van der Waals surface area contributed by atoms with Crippen molar-refractivity contribution in [3.63, 3.8) is 0 Å². The summed E-state index contributed by atoms with van der Waals surface area (Å²) in [6, 6.07) is 11.0. The fourth-order valence-electron chi connectivity index (χ4n) is 3.38. The Morgan fingerprint density at radius 2 is 1.76 bits per heavy atom. The molecule has 3 heterocycles. The molecule has 2 aromatic heterocycles. The van der Waals surface area contributed by atoms with E-state index in [4.69, 9.17) is 11.6 Å². The summed E-state index contributed by atoms with van der Waals surface area (Å²) in [5.41, 5.74) is 2.58. The largest absolute Gasteiger partial charge is 0.353 e. The van der Waals surface area contributed by atoms with Crippen LogP contribution in [-0.2, 0) is 0 Å². The maximum absolute atomic E-state index is 12.5. The SMILES string of the molecule is Cc1cc(C)n(-c2cc(N3CCN(C(=O)Nc4ccccc4Cl)CC3)ncn2)n1. The molecule has 0 bridgehead atoms. The second kappa shape index (κ2) is 8.08. The number of hydrogen-bond acceptors (Lipinski definition) is 5. The Kier molecular flexibility index (Phi) is 5.35. The number of piperazine rings is 1. The van der Waals surface area contributed by atoms with E-state index in [0.717, 1.165) is 23.0 Å². The first-order valence-electron chi connectivity index (χ1n) is 9.42. The topological polar surface area (TPSA) is 79.2 Å². The zero-order valence-electron chi connectivity index (χ0n) is 16.3. The molecule has 9 heteroatoms. The molecular formula is C20H22ClN7O. The van der Waals surface area contributed by atoms with Crippen LogP contribution in [0.2, 0.25) is 5.02 Å². The van der Waals surface area contributed by atoms with Crippen LogP contribution in [0.1, 0.15) is 11.4 Å². The molecule has 0 saturated carbocycles. The van der Waals surface area contributed by atoms with E-state index in [1.165, 1.54) is 0 Å². The summed E-state index contributed by atoms with van der Waals surface area (Å²) in [6.07, 6.45) is 1.55. The normalized spacial score (nSPS) is 14.2. The third-order valence-electron chi connectivity index (χ3n) is 4.87. The van der Waals surface area contributed by atoms with Gasteiger partial charge in [0.1, 0.15) is 12.1 Å². The average molecular weight is 412 g/mol. The quantitative estimate of drug-likeness (QED) is 0.715. The summed E-state index contributed by atoms with van der Waals surface area (Å²) >= 11 is 6.13. The van der Waals surface area contributed by atoms with Crippen molar-refractivity contribution in [2.75, 3.05) is 36.4 Å². The number of nitrogens with one attached hydrogen (secondary N) is 1. The van der Waals surface area contributed by atoms with Crippen molar-refractivity contribution in [3.8, 4) is 5.82 Å². The van der Waals surface area contributed by atoms with E-state index in [-0.39, 0.29) is 6.03 Å². The molecule has 1 N–H and O–H groups in total. The lowest BCUT2D eigenvalue weighted by molar-refractivity contribution is 0.208. The van der Waals surface area contributed by atoms with Crippen molar-refractivity contribution in [2.24, 2.45) is 0 Å². The first-order chi connectivity index (χ1) is 14.0. The highest BCUT2D eigenvalue weighted by atomic mass is 35.5. The van der Waals surface area contributed by atoms with Gasteiger partial charge in [0.25, 0.3) is 0 Å². The van der Waals surface area contributed by atoms with Gasteiger partial charge in [-0.1, -0.05) is 23.7 Å². The molecule has 0 spiro atoms. The number of carbonyl (C=O) groups is 1. The van der Waals surface area contributed by atoms with Crippen molar-refractivity contribution < 1.29 is 4.79 Å². The van der Waals surface area contributed by atoms with Crippen molar-refractivity contribution in [3.05, 3.63) is 59.1 Å². The van der Waals surface area contributed by atoms with Crippen LogP contribution < -0.4 is 10.2 Å². The highest BCUT2D eigenvalue weighted by Crippen LogP contribution is 2.22. The molecule has 0 atom stereocenters. The van der Waals surface area contributed by atoms with Gasteiger partial charge in [0, 0.05) is 37.9 Å². The molecular weight excluding hydrogens is 390 g/mol. The first-order valence-corrected chi connectivity index (χ1v) is 9.80. The Labute approximate surface area is 174 Å². The predicted octanol–water partition coefficient (Wildman–Crippen LogP) is 3.29. The van der Waals surface area contributed by atoms with Crippen LogP contribution in [0.3, 0.4) is 0 Å². The van der Waals surface area contributed by atoms with Crippen molar-refractivity contribution in [1.82, 2.24) is 24.6 Å². The lowest BCUT2D eigenvalue weighted by atomic mass is 10.3. The Morgan fingerprint density at radius 1 is 1.03 bits per heavy atom. The van der Waals surface area contributed by atoms with Crippen LogP contribution in [0.5, 0.6) is 0 Å². The van der Waals surface area contributed by atoms with Crippen molar-refractivity contribution in [2.45, 2.75) is 13.8 Å². The fourth-order valence-corrected chi connectivity index (χ4v) is 3.57. The summed E-state index contributed by atoms with van der Waals surface area (Å²) < 4.78 is 1.81. The number of nitrogens with zero attached hydrogens (tertiary/aromatic N) is 6. The average Bonchev–Trinajstić information content (AvgIpc) is 3.08. The van der Waals surface area contributed by atoms with Gasteiger partial charge in [0.05, 0.1) is 16.4 Å². The second-order valence-corrected chi connectivity index (χ2v) is 7.36. The number of para-hydroxylation sites is 1. The Balaban J connectivity index is 1.41. The van der Waals surface area contributed by atoms with Gasteiger partial charge in [-0.2, -0.15) is 5.10 Å². The molecule has 1 saturated heterocycles. The highest BCUT2D eigenvalue weighted by Gasteiger charge is 2.23. The molecule has 3 aromatic rings. The standard InChI is InChI=1S/C20H22ClN7O/c1-14-11-15(2)28(25-14)19-12-18(22-13-23-19)26-7-9-27(10-8-26)20(29)24-17-6-4-3-5-16(17)21/h3-6,11-13H,7-10H2,1-2H3,(H,24,29). The third-order valence-corrected chi connectivity index (χ3v) is 5.20. The maximum atomic E-state index is 12.5. The Morgan fingerprint density at radius 3 is 2.45 bits per heavy atom. The first kappa shape index (κ1) is 19.2. The van der Waals surface area contributed by atoms with Crippen LogP contribution in [-0.4, -0.2) is 56.9 Å². The monoisotopic (exact) mass is 411 g/mol. The molecule has 0 aliphatic carbocycles. The molecule has 29 heavy (non-hydrogen) atoms. The molecule has 1 aromatic carbocycles. The number of carbonyl (C=O) groups excluding carboxylic acids is 1. The lowest BCUT2D eigenvalue weighted by Gasteiger charge is -2.35. The number of urea groups is 1.